The lowest BCUT2D eigenvalue weighted by Crippen LogP contribution is -2.71. The summed E-state index contributed by atoms with van der Waals surface area (Å²) < 4.78 is 0.932. The van der Waals surface area contributed by atoms with Crippen molar-refractivity contribution in [1.29, 1.82) is 0 Å². The van der Waals surface area contributed by atoms with Crippen LogP contribution in [0.4, 0.5) is 15.3 Å². The van der Waals surface area contributed by atoms with E-state index in [0.717, 1.165) is 30.7 Å². The first-order valence-electron chi connectivity index (χ1n) is 10.9. The zero-order valence-corrected chi connectivity index (χ0v) is 20.8. The minimum absolute atomic E-state index is 0.0108. The van der Waals surface area contributed by atoms with Gasteiger partial charge in [-0.25, -0.2) is 30.3 Å². The summed E-state index contributed by atoms with van der Waals surface area (Å²) in [5, 5.41) is 10.6. The summed E-state index contributed by atoms with van der Waals surface area (Å²) >= 11 is 7.51. The summed E-state index contributed by atoms with van der Waals surface area (Å²) in [5.74, 6) is 5.54. The molecule has 14 heteroatoms. The SMILES string of the molecule is Cc1nc2ccc(NC3N(N)C(=O)N(CC(=O)NCCN=O)C(=O)N3Cc3ccc(Cl)cc3)cc2s1. The third-order valence-corrected chi connectivity index (χ3v) is 6.56. The number of hydrazine groups is 1. The van der Waals surface area contributed by atoms with E-state index in [9.17, 15) is 19.3 Å². The number of halogens is 1. The molecule has 0 aliphatic carbocycles. The van der Waals surface area contributed by atoms with Gasteiger partial charge in [0.15, 0.2) is 0 Å². The second-order valence-corrected chi connectivity index (χ2v) is 9.62. The standard InChI is InChI=1S/C22H23ClN8O4S/c1-13-27-17-7-6-16(10-18(17)36-13)28-20-29(11-14-2-4-15(23)5-3-14)21(33)30(22(34)31(20)24)12-19(32)25-8-9-26-35/h2-7,10,20,28H,8-9,11-12,24H2,1H3,(H,25,32). The summed E-state index contributed by atoms with van der Waals surface area (Å²) in [7, 11) is 0. The molecule has 5 amide bonds. The summed E-state index contributed by atoms with van der Waals surface area (Å²) in [6.45, 7) is 1.27. The van der Waals surface area contributed by atoms with Gasteiger partial charge in [0.1, 0.15) is 6.54 Å². The lowest BCUT2D eigenvalue weighted by molar-refractivity contribution is -0.121. The van der Waals surface area contributed by atoms with Gasteiger partial charge >= 0.3 is 12.1 Å². The zero-order chi connectivity index (χ0) is 25.8. The zero-order valence-electron chi connectivity index (χ0n) is 19.2. The van der Waals surface area contributed by atoms with Crippen molar-refractivity contribution in [2.45, 2.75) is 19.8 Å². The molecule has 1 aromatic heterocycles. The van der Waals surface area contributed by atoms with E-state index in [-0.39, 0.29) is 19.6 Å². The van der Waals surface area contributed by atoms with E-state index in [0.29, 0.717) is 10.7 Å². The molecule has 1 saturated heterocycles. The van der Waals surface area contributed by atoms with Crippen LogP contribution in [0.2, 0.25) is 5.02 Å². The number of thiazole rings is 1. The number of urea groups is 2. The fraction of sp³-hybridized carbons (Fsp3) is 0.273. The van der Waals surface area contributed by atoms with Crippen molar-refractivity contribution < 1.29 is 14.4 Å². The number of nitrogens with zero attached hydrogens (tertiary/aromatic N) is 5. The van der Waals surface area contributed by atoms with E-state index in [4.69, 9.17) is 17.4 Å². The average Bonchev–Trinajstić information content (AvgIpc) is 3.23. The number of amides is 5. The lowest BCUT2D eigenvalue weighted by Gasteiger charge is -2.45. The molecule has 4 N–H and O–H groups in total. The van der Waals surface area contributed by atoms with Crippen LogP contribution in [0.25, 0.3) is 10.2 Å². The van der Waals surface area contributed by atoms with Gasteiger partial charge < -0.3 is 10.6 Å². The van der Waals surface area contributed by atoms with Crippen molar-refractivity contribution in [2.75, 3.05) is 25.0 Å². The Labute approximate surface area is 214 Å². The number of nitrogens with two attached hydrogens (primary N) is 1. The Hall–Kier alpha value is -3.81. The molecule has 0 bridgehead atoms. The number of anilines is 1. The highest BCUT2D eigenvalue weighted by atomic mass is 35.5. The quantitative estimate of drug-likeness (QED) is 0.166. The van der Waals surface area contributed by atoms with Crippen molar-refractivity contribution in [2.24, 2.45) is 11.0 Å². The first-order chi connectivity index (χ1) is 17.3. The molecule has 188 valence electrons. The summed E-state index contributed by atoms with van der Waals surface area (Å²) in [6.07, 6.45) is -1.05. The first-order valence-corrected chi connectivity index (χ1v) is 12.1. The van der Waals surface area contributed by atoms with Crippen molar-refractivity contribution in [1.82, 2.24) is 25.1 Å². The second-order valence-electron chi connectivity index (χ2n) is 7.95. The van der Waals surface area contributed by atoms with E-state index in [1.54, 1.807) is 30.3 Å². The highest BCUT2D eigenvalue weighted by Gasteiger charge is 2.44. The molecule has 0 spiro atoms. The number of carbonyl (C=O) groups excluding carboxylic acids is 3. The molecule has 1 atom stereocenters. The number of carbonyl (C=O) groups is 3. The number of nitroso groups, excluding NO2 is 1. The van der Waals surface area contributed by atoms with E-state index in [1.165, 1.54) is 16.2 Å². The number of aromatic nitrogens is 1. The molecule has 2 aromatic carbocycles. The maximum Gasteiger partial charge on any atom is 0.346 e. The van der Waals surface area contributed by atoms with Crippen molar-refractivity contribution >= 4 is 56.8 Å². The predicted molar refractivity (Wildman–Crippen MR) is 136 cm³/mol. The molecule has 0 radical (unpaired) electrons. The van der Waals surface area contributed by atoms with Crippen LogP contribution in [0.3, 0.4) is 0 Å². The highest BCUT2D eigenvalue weighted by molar-refractivity contribution is 7.18. The minimum atomic E-state index is -1.05. The van der Waals surface area contributed by atoms with E-state index in [2.05, 4.69) is 20.8 Å². The Balaban J connectivity index is 1.61. The number of benzene rings is 2. The largest absolute Gasteiger partial charge is 0.353 e. The van der Waals surface area contributed by atoms with Gasteiger partial charge in [-0.15, -0.1) is 11.3 Å². The van der Waals surface area contributed by atoms with Crippen LogP contribution in [-0.2, 0) is 11.3 Å². The van der Waals surface area contributed by atoms with E-state index < -0.39 is 30.8 Å². The molecule has 0 saturated carbocycles. The third-order valence-electron chi connectivity index (χ3n) is 5.37. The molecule has 12 nitrogen and oxygen atoms in total. The number of imide groups is 1. The number of hydrogen-bond donors (Lipinski definition) is 3. The monoisotopic (exact) mass is 530 g/mol. The van der Waals surface area contributed by atoms with Crippen LogP contribution in [0.5, 0.6) is 0 Å². The lowest BCUT2D eigenvalue weighted by atomic mass is 10.2. The van der Waals surface area contributed by atoms with Crippen LogP contribution >= 0.6 is 22.9 Å². The van der Waals surface area contributed by atoms with Gasteiger partial charge in [0, 0.05) is 17.3 Å². The van der Waals surface area contributed by atoms with Crippen LogP contribution in [0.15, 0.2) is 47.6 Å². The molecule has 1 fully saturated rings. The summed E-state index contributed by atoms with van der Waals surface area (Å²) in [4.78, 5) is 55.5. The Kier molecular flexibility index (Phi) is 7.62. The molecular formula is C22H23ClN8O4S. The number of nitrogens with one attached hydrogen (secondary N) is 2. The maximum absolute atomic E-state index is 13.5. The van der Waals surface area contributed by atoms with Crippen LogP contribution in [0.1, 0.15) is 10.6 Å². The molecule has 3 aromatic rings. The van der Waals surface area contributed by atoms with E-state index in [1.807, 2.05) is 19.1 Å². The number of hydrogen-bond acceptors (Lipinski definition) is 9. The Morgan fingerprint density at radius 1 is 1.19 bits per heavy atom. The second kappa shape index (κ2) is 10.8. The van der Waals surface area contributed by atoms with E-state index >= 15 is 0 Å². The molecular weight excluding hydrogens is 508 g/mol. The molecule has 1 unspecified atom stereocenters. The van der Waals surface area contributed by atoms with Gasteiger partial charge in [0.05, 0.1) is 28.3 Å². The number of aryl methyl sites for hydroxylation is 1. The Morgan fingerprint density at radius 2 is 1.94 bits per heavy atom. The van der Waals surface area contributed by atoms with Crippen LogP contribution in [0, 0.1) is 11.8 Å². The van der Waals surface area contributed by atoms with Gasteiger partial charge in [-0.2, -0.15) is 4.91 Å². The minimum Gasteiger partial charge on any atom is -0.353 e. The van der Waals surface area contributed by atoms with Gasteiger partial charge in [0.25, 0.3) is 0 Å². The number of fused-ring (bicyclic) bond motifs is 1. The Bertz CT molecular complexity index is 1300. The van der Waals surface area contributed by atoms with Crippen molar-refractivity contribution in [3.63, 3.8) is 0 Å². The smallest absolute Gasteiger partial charge is 0.346 e. The molecule has 4 rings (SSSR count). The van der Waals surface area contributed by atoms with Gasteiger partial charge in [-0.05, 0) is 42.8 Å². The maximum atomic E-state index is 13.5. The van der Waals surface area contributed by atoms with Crippen LogP contribution in [-0.4, -0.2) is 63.7 Å². The number of rotatable bonds is 9. The molecule has 2 heterocycles. The fourth-order valence-corrected chi connectivity index (χ4v) is 4.67. The van der Waals surface area contributed by atoms with Gasteiger partial charge in [-0.1, -0.05) is 28.9 Å². The predicted octanol–water partition coefficient (Wildman–Crippen LogP) is 3.07. The molecule has 1 aliphatic rings. The van der Waals surface area contributed by atoms with Gasteiger partial charge in [-0.3, -0.25) is 9.69 Å². The average molecular weight is 531 g/mol. The van der Waals surface area contributed by atoms with Crippen molar-refractivity contribution in [3.8, 4) is 0 Å². The molecule has 1 aliphatic heterocycles. The first kappa shape index (κ1) is 25.3. The summed E-state index contributed by atoms with van der Waals surface area (Å²) in [5.41, 5.74) is 2.20. The van der Waals surface area contributed by atoms with Gasteiger partial charge in [0.2, 0.25) is 12.2 Å². The normalized spacial score (nSPS) is 16.0. The third kappa shape index (κ3) is 5.53. The topological polar surface area (TPSA) is 153 Å². The highest BCUT2D eigenvalue weighted by Crippen LogP contribution is 2.27. The Morgan fingerprint density at radius 3 is 2.67 bits per heavy atom. The van der Waals surface area contributed by atoms with Crippen LogP contribution < -0.4 is 16.5 Å². The fourth-order valence-electron chi connectivity index (χ4n) is 3.68. The molecule has 36 heavy (non-hydrogen) atoms. The summed E-state index contributed by atoms with van der Waals surface area (Å²) in [6, 6.07) is 10.8. The van der Waals surface area contributed by atoms with Crippen molar-refractivity contribution in [3.05, 3.63) is 63.0 Å².